The molecule has 0 spiro atoms. The summed E-state index contributed by atoms with van der Waals surface area (Å²) in [5, 5.41) is 10.8. The zero-order chi connectivity index (χ0) is 17.6. The van der Waals surface area contributed by atoms with E-state index in [0.29, 0.717) is 6.61 Å². The minimum absolute atomic E-state index is 0.140. The van der Waals surface area contributed by atoms with Gasteiger partial charge in [-0.2, -0.15) is 0 Å². The Bertz CT molecular complexity index is 571. The number of nitrogens with zero attached hydrogens (tertiary/aromatic N) is 2. The van der Waals surface area contributed by atoms with Gasteiger partial charge >= 0.3 is 0 Å². The number of aromatic nitrogens is 2. The van der Waals surface area contributed by atoms with Gasteiger partial charge in [0.05, 0.1) is 12.3 Å². The lowest BCUT2D eigenvalue weighted by atomic mass is 9.85. The highest BCUT2D eigenvalue weighted by molar-refractivity contribution is 5.28. The van der Waals surface area contributed by atoms with E-state index in [1.54, 1.807) is 6.20 Å². The summed E-state index contributed by atoms with van der Waals surface area (Å²) in [6.45, 7) is 16.6. The molecule has 1 aliphatic heterocycles. The largest absolute Gasteiger partial charge is 0.385 e. The lowest BCUT2D eigenvalue weighted by molar-refractivity contribution is -0.151. The fraction of sp³-hybridized carbons (Fsp3) is 0.778. The summed E-state index contributed by atoms with van der Waals surface area (Å²) in [5.74, 6) is 0.113. The molecule has 23 heavy (non-hydrogen) atoms. The average molecular weight is 322 g/mol. The summed E-state index contributed by atoms with van der Waals surface area (Å²) >= 11 is 0. The van der Waals surface area contributed by atoms with Crippen LogP contribution in [-0.2, 0) is 20.3 Å². The van der Waals surface area contributed by atoms with E-state index in [1.165, 1.54) is 0 Å². The summed E-state index contributed by atoms with van der Waals surface area (Å²) in [6.07, 6.45) is 0.531. The van der Waals surface area contributed by atoms with Gasteiger partial charge in [-0.1, -0.05) is 41.5 Å². The van der Waals surface area contributed by atoms with Crippen molar-refractivity contribution in [2.24, 2.45) is 0 Å². The van der Waals surface area contributed by atoms with E-state index < -0.39 is 18.0 Å². The van der Waals surface area contributed by atoms with E-state index >= 15 is 0 Å². The monoisotopic (exact) mass is 322 g/mol. The summed E-state index contributed by atoms with van der Waals surface area (Å²) in [5.41, 5.74) is 1.24. The van der Waals surface area contributed by atoms with Crippen molar-refractivity contribution in [3.05, 3.63) is 23.3 Å². The van der Waals surface area contributed by atoms with Gasteiger partial charge in [-0.05, 0) is 13.8 Å². The van der Waals surface area contributed by atoms with Crippen LogP contribution in [0.25, 0.3) is 0 Å². The molecule has 1 N–H and O–H groups in total. The molecule has 1 aromatic heterocycles. The van der Waals surface area contributed by atoms with Crippen LogP contribution < -0.4 is 0 Å². The second-order valence-corrected chi connectivity index (χ2v) is 8.81. The number of rotatable bonds is 2. The Labute approximate surface area is 139 Å². The van der Waals surface area contributed by atoms with Crippen molar-refractivity contribution >= 4 is 0 Å². The molecule has 0 bridgehead atoms. The van der Waals surface area contributed by atoms with Gasteiger partial charge in [0.15, 0.2) is 5.79 Å². The SMILES string of the molecule is CC1(C)OCC([C@H](O)c2cnc(C(C)(C)C)nc2C(C)(C)C)O1. The van der Waals surface area contributed by atoms with Crippen molar-refractivity contribution in [1.82, 2.24) is 9.97 Å². The first-order valence-electron chi connectivity index (χ1n) is 8.19. The molecule has 0 aromatic carbocycles. The summed E-state index contributed by atoms with van der Waals surface area (Å²) < 4.78 is 11.4. The van der Waals surface area contributed by atoms with Crippen LogP contribution in [0, 0.1) is 0 Å². The van der Waals surface area contributed by atoms with Gasteiger partial charge in [0.25, 0.3) is 0 Å². The maximum Gasteiger partial charge on any atom is 0.163 e. The minimum Gasteiger partial charge on any atom is -0.385 e. The summed E-state index contributed by atoms with van der Waals surface area (Å²) in [7, 11) is 0. The van der Waals surface area contributed by atoms with E-state index in [2.05, 4.69) is 46.5 Å². The highest BCUT2D eigenvalue weighted by atomic mass is 16.7. The molecule has 1 aliphatic rings. The molecule has 5 nitrogen and oxygen atoms in total. The fourth-order valence-electron chi connectivity index (χ4n) is 2.64. The molecule has 130 valence electrons. The molecular formula is C18H30N2O3. The smallest absolute Gasteiger partial charge is 0.163 e. The van der Waals surface area contributed by atoms with Crippen molar-refractivity contribution in [3.8, 4) is 0 Å². The quantitative estimate of drug-likeness (QED) is 0.905. The molecule has 1 aromatic rings. The molecule has 0 saturated carbocycles. The van der Waals surface area contributed by atoms with E-state index in [-0.39, 0.29) is 10.8 Å². The minimum atomic E-state index is -0.806. The predicted molar refractivity (Wildman–Crippen MR) is 89.3 cm³/mol. The summed E-state index contributed by atoms with van der Waals surface area (Å²) in [4.78, 5) is 9.26. The number of hydrogen-bond acceptors (Lipinski definition) is 5. The molecule has 0 radical (unpaired) electrons. The number of aliphatic hydroxyl groups is 1. The van der Waals surface area contributed by atoms with Gasteiger partial charge in [-0.15, -0.1) is 0 Å². The second-order valence-electron chi connectivity index (χ2n) is 8.81. The zero-order valence-corrected chi connectivity index (χ0v) is 15.6. The number of ether oxygens (including phenoxy) is 2. The Balaban J connectivity index is 2.42. The lowest BCUT2D eigenvalue weighted by Crippen LogP contribution is -2.29. The third kappa shape index (κ3) is 4.08. The van der Waals surface area contributed by atoms with Crippen LogP contribution in [0.1, 0.15) is 78.6 Å². The molecular weight excluding hydrogens is 292 g/mol. The predicted octanol–water partition coefficient (Wildman–Crippen LogP) is 3.26. The highest BCUT2D eigenvalue weighted by Gasteiger charge is 2.39. The first-order valence-corrected chi connectivity index (χ1v) is 8.19. The van der Waals surface area contributed by atoms with Crippen LogP contribution in [0.2, 0.25) is 0 Å². The lowest BCUT2D eigenvalue weighted by Gasteiger charge is -2.28. The molecule has 0 amide bonds. The number of aliphatic hydroxyl groups excluding tert-OH is 1. The Morgan fingerprint density at radius 2 is 1.78 bits per heavy atom. The normalized spacial score (nSPS) is 23.1. The van der Waals surface area contributed by atoms with Crippen molar-refractivity contribution in [2.75, 3.05) is 6.61 Å². The molecule has 2 heterocycles. The third-order valence-electron chi connectivity index (χ3n) is 3.90. The molecule has 5 heteroatoms. The molecule has 1 saturated heterocycles. The van der Waals surface area contributed by atoms with E-state index in [0.717, 1.165) is 17.1 Å². The van der Waals surface area contributed by atoms with Crippen molar-refractivity contribution < 1.29 is 14.6 Å². The number of hydrogen-bond donors (Lipinski definition) is 1. The van der Waals surface area contributed by atoms with Gasteiger partial charge < -0.3 is 14.6 Å². The fourth-order valence-corrected chi connectivity index (χ4v) is 2.64. The summed E-state index contributed by atoms with van der Waals surface area (Å²) in [6, 6.07) is 0. The molecule has 2 atom stereocenters. The maximum absolute atomic E-state index is 10.8. The van der Waals surface area contributed by atoms with Crippen LogP contribution >= 0.6 is 0 Å². The topological polar surface area (TPSA) is 64.5 Å². The maximum atomic E-state index is 10.8. The van der Waals surface area contributed by atoms with Crippen molar-refractivity contribution in [3.63, 3.8) is 0 Å². The van der Waals surface area contributed by atoms with Gasteiger partial charge in [0, 0.05) is 22.6 Å². The van der Waals surface area contributed by atoms with E-state index in [1.807, 2.05) is 13.8 Å². The van der Waals surface area contributed by atoms with Crippen LogP contribution in [0.4, 0.5) is 0 Å². The molecule has 1 unspecified atom stereocenters. The van der Waals surface area contributed by atoms with Crippen molar-refractivity contribution in [1.29, 1.82) is 0 Å². The van der Waals surface area contributed by atoms with Crippen LogP contribution in [0.15, 0.2) is 6.20 Å². The van der Waals surface area contributed by atoms with Crippen molar-refractivity contribution in [2.45, 2.75) is 84.2 Å². The first kappa shape index (κ1) is 18.3. The van der Waals surface area contributed by atoms with Crippen LogP contribution in [0.3, 0.4) is 0 Å². The highest BCUT2D eigenvalue weighted by Crippen LogP contribution is 2.35. The van der Waals surface area contributed by atoms with E-state index in [9.17, 15) is 5.11 Å². The standard InChI is InChI=1S/C18H30N2O3/c1-16(2,3)14-11(9-19-15(20-14)17(4,5)6)13(21)12-10-22-18(7,8)23-12/h9,12-13,21H,10H2,1-8H3/t12?,13-/m1/s1. The van der Waals surface area contributed by atoms with Gasteiger partial charge in [-0.25, -0.2) is 9.97 Å². The average Bonchev–Trinajstić information content (AvgIpc) is 2.75. The second kappa shape index (κ2) is 5.80. The van der Waals surface area contributed by atoms with Crippen LogP contribution in [0.5, 0.6) is 0 Å². The van der Waals surface area contributed by atoms with Gasteiger partial charge in [-0.3, -0.25) is 0 Å². The Morgan fingerprint density at radius 3 is 2.22 bits per heavy atom. The Kier molecular flexibility index (Phi) is 4.61. The molecule has 1 fully saturated rings. The zero-order valence-electron chi connectivity index (χ0n) is 15.6. The first-order chi connectivity index (χ1) is 10.3. The molecule has 0 aliphatic carbocycles. The van der Waals surface area contributed by atoms with Gasteiger partial charge in [0.2, 0.25) is 0 Å². The Hall–Kier alpha value is -1.04. The molecule has 2 rings (SSSR count). The Morgan fingerprint density at radius 1 is 1.17 bits per heavy atom. The van der Waals surface area contributed by atoms with Crippen LogP contribution in [-0.4, -0.2) is 33.6 Å². The third-order valence-corrected chi connectivity index (χ3v) is 3.90. The van der Waals surface area contributed by atoms with E-state index in [4.69, 9.17) is 14.5 Å². The van der Waals surface area contributed by atoms with Gasteiger partial charge in [0.1, 0.15) is 18.0 Å².